The van der Waals surface area contributed by atoms with E-state index in [1.807, 2.05) is 42.5 Å². The Hall–Kier alpha value is -8.04. The number of alkyl halides is 2. The number of carbonyl (C=O) groups excluding carboxylic acids is 2. The smallest absolute Gasteiger partial charge is 0.247 e. The van der Waals surface area contributed by atoms with Crippen LogP contribution in [0.1, 0.15) is 18.4 Å². The molecule has 0 aliphatic carbocycles. The van der Waals surface area contributed by atoms with Crippen molar-refractivity contribution in [3.05, 3.63) is 158 Å². The topological polar surface area (TPSA) is 216 Å². The number of nitrogen functional groups attached to an aromatic ring is 1. The van der Waals surface area contributed by atoms with Gasteiger partial charge < -0.3 is 51.3 Å². The number of rotatable bonds is 18. The molecule has 17 nitrogen and oxygen atoms in total. The lowest BCUT2D eigenvalue weighted by molar-refractivity contribution is -0.112. The van der Waals surface area contributed by atoms with E-state index in [1.54, 1.807) is 67.0 Å². The number of carbonyl (C=O) groups is 2. The highest BCUT2D eigenvalue weighted by atomic mass is 35.5. The van der Waals surface area contributed by atoms with Gasteiger partial charge in [0.15, 0.2) is 0 Å². The highest BCUT2D eigenvalue weighted by Crippen LogP contribution is 2.32. The van der Waals surface area contributed by atoms with Gasteiger partial charge in [-0.05, 0) is 134 Å². The molecule has 0 saturated carbocycles. The van der Waals surface area contributed by atoms with Crippen molar-refractivity contribution in [1.29, 1.82) is 0 Å². The van der Waals surface area contributed by atoms with E-state index in [0.29, 0.717) is 82.3 Å². The molecule has 2 saturated heterocycles. The van der Waals surface area contributed by atoms with Gasteiger partial charge in [0.2, 0.25) is 34.8 Å². The number of fused-ring (bicyclic) bond motifs is 2. The minimum absolute atomic E-state index is 0. The number of hydrogen-bond acceptors (Lipinski definition) is 13. The van der Waals surface area contributed by atoms with Crippen LogP contribution in [0.2, 0.25) is 5.28 Å². The zero-order chi connectivity index (χ0) is 52.5. The van der Waals surface area contributed by atoms with Crippen LogP contribution in [0.25, 0.3) is 22.1 Å². The maximum Gasteiger partial charge on any atom is 0.247 e. The Kier molecular flexibility index (Phi) is 20.1. The van der Waals surface area contributed by atoms with Crippen molar-refractivity contribution in [3.8, 4) is 23.3 Å². The molecule has 396 valence electrons. The Morgan fingerprint density at radius 3 is 1.84 bits per heavy atom. The van der Waals surface area contributed by atoms with Crippen molar-refractivity contribution >= 4 is 93.4 Å². The Morgan fingerprint density at radius 1 is 0.697 bits per heavy atom. The molecule has 2 aliphatic rings. The van der Waals surface area contributed by atoms with Crippen LogP contribution in [-0.2, 0) is 16.0 Å². The van der Waals surface area contributed by atoms with Gasteiger partial charge in [0, 0.05) is 91.7 Å². The summed E-state index contributed by atoms with van der Waals surface area (Å²) in [6.45, 7) is 11.3. The first-order valence-corrected chi connectivity index (χ1v) is 24.7. The number of aromatic nitrogens is 6. The standard InChI is InChI=1S/C28H29FN6O2.C15H11ClN4O2.C12H18FN3.H2S/c1-2-25(36)31-22-4-3-5-23(17-22)37-27-24-10-13-30-26(24)33-28(34-27)32-21-8-6-19(7-9-21)16-20-11-14-35(18-20)15-12-29;1-2-12(21)18-9-4-3-5-10(8-9)22-14-11-6-7-17-13(11)19-15(16)20-14;13-6-8-16-7-5-12(9-16)15-11-3-1-10(14)2-4-11;/h2-10,13,17,20H,1,11-12,14-16,18H2,(H,31,36)(H2,30,32,33,34);2-8H,1H2,(H,18,21)(H,17,19,20);1-4,12,15H,5-9,14H2;1H2/t;;12-;/m..0./s1. The number of nitrogens with one attached hydrogen (secondary N) is 6. The maximum absolute atomic E-state index is 12.6. The molecule has 2 aliphatic heterocycles. The molecule has 76 heavy (non-hydrogen) atoms. The quantitative estimate of drug-likeness (QED) is 0.0242. The summed E-state index contributed by atoms with van der Waals surface area (Å²) in [5.41, 5.74) is 12.0. The molecule has 6 heterocycles. The van der Waals surface area contributed by atoms with Crippen LogP contribution in [0, 0.1) is 5.92 Å². The first kappa shape index (κ1) is 55.7. The fourth-order valence-corrected chi connectivity index (χ4v) is 8.73. The summed E-state index contributed by atoms with van der Waals surface area (Å²) in [5, 5.41) is 13.6. The van der Waals surface area contributed by atoms with E-state index in [1.165, 1.54) is 17.7 Å². The lowest BCUT2D eigenvalue weighted by Gasteiger charge is -2.16. The number of hydrogen-bond donors (Lipinski definition) is 7. The zero-order valence-corrected chi connectivity index (χ0v) is 43.3. The molecule has 8 N–H and O–H groups in total. The van der Waals surface area contributed by atoms with Gasteiger partial charge in [-0.2, -0.15) is 33.4 Å². The molecule has 10 rings (SSSR count). The molecule has 0 radical (unpaired) electrons. The number of nitrogens with two attached hydrogens (primary N) is 1. The lowest BCUT2D eigenvalue weighted by Crippen LogP contribution is -2.27. The molecule has 21 heteroatoms. The first-order chi connectivity index (χ1) is 36.5. The lowest BCUT2D eigenvalue weighted by atomic mass is 9.98. The third-order valence-corrected chi connectivity index (χ3v) is 12.4. The predicted molar refractivity (Wildman–Crippen MR) is 303 cm³/mol. The summed E-state index contributed by atoms with van der Waals surface area (Å²) >= 11 is 5.88. The van der Waals surface area contributed by atoms with E-state index in [2.05, 4.69) is 86.3 Å². The molecular weight excluding hydrogens is 1010 g/mol. The molecule has 4 aromatic heterocycles. The van der Waals surface area contributed by atoms with Crippen molar-refractivity contribution in [2.24, 2.45) is 5.92 Å². The summed E-state index contributed by atoms with van der Waals surface area (Å²) in [7, 11) is 0. The number of aromatic amines is 2. The Labute approximate surface area is 450 Å². The maximum atomic E-state index is 12.6. The summed E-state index contributed by atoms with van der Waals surface area (Å²) in [6.07, 6.45) is 9.08. The number of likely N-dealkylation sites (tertiary alicyclic amines) is 2. The van der Waals surface area contributed by atoms with Crippen LogP contribution >= 0.6 is 25.1 Å². The normalized spacial score (nSPS) is 15.0. The van der Waals surface area contributed by atoms with Gasteiger partial charge in [-0.25, -0.2) is 8.78 Å². The second-order valence-electron chi connectivity index (χ2n) is 17.7. The number of amides is 2. The largest absolute Gasteiger partial charge is 0.438 e. The number of H-pyrrole nitrogens is 2. The molecule has 2 atom stereocenters. The number of halogens is 3. The van der Waals surface area contributed by atoms with Gasteiger partial charge >= 0.3 is 0 Å². The highest BCUT2D eigenvalue weighted by Gasteiger charge is 2.23. The molecule has 4 aromatic carbocycles. The number of ether oxygens (including phenoxy) is 2. The van der Waals surface area contributed by atoms with Crippen molar-refractivity contribution in [2.75, 3.05) is 79.6 Å². The zero-order valence-electron chi connectivity index (χ0n) is 41.6. The van der Waals surface area contributed by atoms with Crippen LogP contribution < -0.4 is 36.5 Å². The summed E-state index contributed by atoms with van der Waals surface area (Å²) in [4.78, 5) is 50.7. The molecule has 0 spiro atoms. The van der Waals surface area contributed by atoms with Gasteiger partial charge in [0.25, 0.3) is 0 Å². The number of nitrogens with zero attached hydrogens (tertiary/aromatic N) is 6. The molecule has 1 unspecified atom stereocenters. The average molecular weight is 1070 g/mol. The summed E-state index contributed by atoms with van der Waals surface area (Å²) in [6, 6.07) is 34.0. The molecule has 0 bridgehead atoms. The second-order valence-corrected chi connectivity index (χ2v) is 18.0. The van der Waals surface area contributed by atoms with Crippen LogP contribution in [0.4, 0.5) is 43.2 Å². The van der Waals surface area contributed by atoms with E-state index in [9.17, 15) is 18.4 Å². The van der Waals surface area contributed by atoms with Crippen LogP contribution in [-0.4, -0.2) is 110 Å². The Morgan fingerprint density at radius 2 is 1.25 bits per heavy atom. The summed E-state index contributed by atoms with van der Waals surface area (Å²) in [5.74, 6) is 2.12. The van der Waals surface area contributed by atoms with Crippen molar-refractivity contribution in [3.63, 3.8) is 0 Å². The number of benzene rings is 4. The third kappa shape index (κ3) is 16.0. The number of anilines is 6. The van der Waals surface area contributed by atoms with E-state index in [4.69, 9.17) is 26.8 Å². The van der Waals surface area contributed by atoms with Gasteiger partial charge in [0.05, 0.1) is 10.8 Å². The van der Waals surface area contributed by atoms with Crippen LogP contribution in [0.5, 0.6) is 23.3 Å². The highest BCUT2D eigenvalue weighted by molar-refractivity contribution is 7.59. The molecule has 2 fully saturated rings. The molecular formula is C55H60ClF2N13O4S. The van der Waals surface area contributed by atoms with E-state index in [0.717, 1.165) is 67.9 Å². The molecule has 2 amide bonds. The van der Waals surface area contributed by atoms with E-state index >= 15 is 0 Å². The fourth-order valence-electron chi connectivity index (χ4n) is 8.57. The van der Waals surface area contributed by atoms with Crippen molar-refractivity contribution in [2.45, 2.75) is 25.3 Å². The van der Waals surface area contributed by atoms with Gasteiger partial charge in [-0.15, -0.1) is 0 Å². The molecule has 8 aromatic rings. The SMILES string of the molecule is C=CC(=O)Nc1cccc(Oc2nc(Cl)nc3[nH]ccc23)c1.C=CC(=O)Nc1cccc(Oc2nc(Nc3ccc(CC4CCN(CCF)C4)cc3)nc3[nH]ccc23)c1.Nc1ccc(N[C@H]2CCN(CCF)C2)cc1.S. The monoisotopic (exact) mass is 1070 g/mol. The average Bonchev–Trinajstić information content (AvgIpc) is 4.26. The van der Waals surface area contributed by atoms with Crippen LogP contribution in [0.15, 0.2) is 147 Å². The fraction of sp³-hybridized carbons (Fsp3) is 0.236. The van der Waals surface area contributed by atoms with Crippen LogP contribution in [0.3, 0.4) is 0 Å². The minimum atomic E-state index is -0.299. The van der Waals surface area contributed by atoms with Crippen molar-refractivity contribution in [1.82, 2.24) is 39.7 Å². The Balaban J connectivity index is 0.000000182. The third-order valence-electron chi connectivity index (χ3n) is 12.2. The van der Waals surface area contributed by atoms with E-state index in [-0.39, 0.29) is 43.9 Å². The predicted octanol–water partition coefficient (Wildman–Crippen LogP) is 10.8. The van der Waals surface area contributed by atoms with E-state index < -0.39 is 0 Å². The Bertz CT molecular complexity index is 3200. The van der Waals surface area contributed by atoms with Gasteiger partial charge in [-0.1, -0.05) is 37.4 Å². The minimum Gasteiger partial charge on any atom is -0.438 e. The van der Waals surface area contributed by atoms with Gasteiger partial charge in [0.1, 0.15) is 36.1 Å². The second kappa shape index (κ2) is 27.5. The van der Waals surface area contributed by atoms with Gasteiger partial charge in [-0.3, -0.25) is 14.5 Å². The van der Waals surface area contributed by atoms with Crippen molar-refractivity contribution < 1.29 is 27.8 Å². The summed E-state index contributed by atoms with van der Waals surface area (Å²) < 4.78 is 36.6. The first-order valence-electron chi connectivity index (χ1n) is 24.4.